The maximum atomic E-state index is 10.4. The smallest absolute Gasteiger partial charge is 0.357 e. The number of rotatable bonds is 4. The summed E-state index contributed by atoms with van der Waals surface area (Å²) >= 11 is -4.79. The molecule has 0 fully saturated rings. The second-order valence-corrected chi connectivity index (χ2v) is 3.73. The second-order valence-electron chi connectivity index (χ2n) is 2.53. The normalized spacial score (nSPS) is 14.3. The van der Waals surface area contributed by atoms with Gasteiger partial charge in [0, 0.05) is 0 Å². The minimum atomic E-state index is -2.39. The van der Waals surface area contributed by atoms with Gasteiger partial charge in [0.15, 0.2) is 0 Å². The van der Waals surface area contributed by atoms with Crippen LogP contribution in [0.4, 0.5) is 0 Å². The van der Waals surface area contributed by atoms with Crippen LogP contribution < -0.4 is 8.37 Å². The van der Waals surface area contributed by atoms with E-state index in [-0.39, 0.29) is 11.5 Å². The zero-order valence-corrected chi connectivity index (χ0v) is 9.21. The molecule has 0 amide bonds. The van der Waals surface area contributed by atoms with Gasteiger partial charge in [0.05, 0.1) is 0 Å². The van der Waals surface area contributed by atoms with Crippen LogP contribution in [0.25, 0.3) is 0 Å². The first-order valence-corrected chi connectivity index (χ1v) is 5.74. The van der Waals surface area contributed by atoms with Crippen LogP contribution in [0, 0.1) is 6.92 Å². The maximum Gasteiger partial charge on any atom is 0.357 e. The topological polar surface area (TPSA) is 93.1 Å². The zero-order chi connectivity index (χ0) is 11.4. The summed E-state index contributed by atoms with van der Waals surface area (Å²) in [6, 6.07) is 4.13. The van der Waals surface area contributed by atoms with E-state index < -0.39 is 22.7 Å². The molecule has 6 nitrogen and oxygen atoms in total. The molecule has 15 heavy (non-hydrogen) atoms. The molecule has 0 saturated carbocycles. The molecule has 0 aliphatic rings. The highest BCUT2D eigenvalue weighted by molar-refractivity contribution is 7.74. The number of aryl methyl sites for hydroxylation is 1. The molecule has 1 aromatic carbocycles. The third kappa shape index (κ3) is 3.96. The van der Waals surface area contributed by atoms with E-state index in [2.05, 4.69) is 8.37 Å². The fourth-order valence-electron chi connectivity index (χ4n) is 0.926. The average Bonchev–Trinajstić information content (AvgIpc) is 2.08. The molecule has 0 aliphatic carbocycles. The van der Waals surface area contributed by atoms with Gasteiger partial charge in [-0.25, -0.2) is 0 Å². The molecular formula is C7H8O6S2. The standard InChI is InChI=1S/C7H8O6S2/c1-5-4-6(12-14(8)9)2-3-7(5)13-15(10)11/h2-4H,1H3,(H,8,9)(H,10,11). The lowest BCUT2D eigenvalue weighted by Crippen LogP contribution is -2.01. The van der Waals surface area contributed by atoms with E-state index in [0.717, 1.165) is 0 Å². The van der Waals surface area contributed by atoms with Crippen LogP contribution in [0.3, 0.4) is 0 Å². The summed E-state index contributed by atoms with van der Waals surface area (Å²) in [6.45, 7) is 1.61. The lowest BCUT2D eigenvalue weighted by molar-refractivity contribution is 0.449. The van der Waals surface area contributed by atoms with Crippen molar-refractivity contribution >= 4 is 22.7 Å². The van der Waals surface area contributed by atoms with Crippen LogP contribution in [0.1, 0.15) is 5.56 Å². The summed E-state index contributed by atoms with van der Waals surface area (Å²) in [6.07, 6.45) is 0. The van der Waals surface area contributed by atoms with E-state index in [0.29, 0.717) is 5.56 Å². The molecule has 1 rings (SSSR count). The molecule has 2 unspecified atom stereocenters. The Morgan fingerprint density at radius 1 is 1.13 bits per heavy atom. The summed E-state index contributed by atoms with van der Waals surface area (Å²) in [7, 11) is 0. The molecule has 8 heteroatoms. The first-order valence-electron chi connectivity index (χ1n) is 3.68. The first kappa shape index (κ1) is 12.1. The minimum Gasteiger partial charge on any atom is -0.380 e. The molecule has 2 N–H and O–H groups in total. The lowest BCUT2D eigenvalue weighted by Gasteiger charge is -2.05. The first-order chi connectivity index (χ1) is 6.99. The Labute approximate surface area is 91.2 Å². The van der Waals surface area contributed by atoms with Crippen molar-refractivity contribution in [1.29, 1.82) is 0 Å². The van der Waals surface area contributed by atoms with Gasteiger partial charge in [-0.1, -0.05) is 0 Å². The van der Waals surface area contributed by atoms with E-state index in [4.69, 9.17) is 9.11 Å². The van der Waals surface area contributed by atoms with Crippen molar-refractivity contribution in [3.63, 3.8) is 0 Å². The highest BCUT2D eigenvalue weighted by Gasteiger charge is 2.06. The van der Waals surface area contributed by atoms with Crippen molar-refractivity contribution < 1.29 is 25.9 Å². The third-order valence-corrected chi connectivity index (χ3v) is 2.13. The predicted octanol–water partition coefficient (Wildman–Crippen LogP) is 1.03. The molecule has 2 atom stereocenters. The molecule has 0 aromatic heterocycles. The van der Waals surface area contributed by atoms with E-state index >= 15 is 0 Å². The summed E-state index contributed by atoms with van der Waals surface area (Å²) in [5.74, 6) is 0.372. The van der Waals surface area contributed by atoms with Gasteiger partial charge in [0.1, 0.15) is 11.5 Å². The second kappa shape index (κ2) is 5.21. The van der Waals surface area contributed by atoms with Gasteiger partial charge in [0.2, 0.25) is 0 Å². The average molecular weight is 252 g/mol. The SMILES string of the molecule is Cc1cc(OS(=O)O)ccc1OS(=O)O. The summed E-state index contributed by atoms with van der Waals surface area (Å²) < 4.78 is 46.6. The van der Waals surface area contributed by atoms with E-state index in [9.17, 15) is 8.42 Å². The van der Waals surface area contributed by atoms with Gasteiger partial charge in [-0.05, 0) is 30.7 Å². The third-order valence-electron chi connectivity index (χ3n) is 1.47. The summed E-state index contributed by atoms with van der Waals surface area (Å²) in [5.41, 5.74) is 0.514. The van der Waals surface area contributed by atoms with E-state index in [1.165, 1.54) is 18.2 Å². The Morgan fingerprint density at radius 2 is 1.73 bits per heavy atom. The lowest BCUT2D eigenvalue weighted by atomic mass is 10.2. The van der Waals surface area contributed by atoms with Gasteiger partial charge in [-0.3, -0.25) is 9.11 Å². The van der Waals surface area contributed by atoms with Crippen LogP contribution in [-0.2, 0) is 22.7 Å². The molecule has 0 heterocycles. The summed E-state index contributed by atoms with van der Waals surface area (Å²) in [4.78, 5) is 0. The van der Waals surface area contributed by atoms with Crippen molar-refractivity contribution in [2.24, 2.45) is 0 Å². The highest BCUT2D eigenvalue weighted by atomic mass is 32.2. The minimum absolute atomic E-state index is 0.171. The van der Waals surface area contributed by atoms with Crippen molar-refractivity contribution in [3.8, 4) is 11.5 Å². The van der Waals surface area contributed by atoms with Gasteiger partial charge in [-0.15, -0.1) is 0 Å². The molecule has 84 valence electrons. The fourth-order valence-corrected chi connectivity index (χ4v) is 1.54. The van der Waals surface area contributed by atoms with E-state index in [1.807, 2.05) is 0 Å². The van der Waals surface area contributed by atoms with Crippen molar-refractivity contribution in [2.75, 3.05) is 0 Å². The Hall–Kier alpha value is -0.960. The van der Waals surface area contributed by atoms with Crippen LogP contribution in [0.2, 0.25) is 0 Å². The molecule has 0 radical (unpaired) electrons. The molecule has 0 aliphatic heterocycles. The van der Waals surface area contributed by atoms with Gasteiger partial charge in [0.25, 0.3) is 0 Å². The van der Waals surface area contributed by atoms with E-state index in [1.54, 1.807) is 6.92 Å². The van der Waals surface area contributed by atoms with Crippen molar-refractivity contribution in [3.05, 3.63) is 23.8 Å². The Kier molecular flexibility index (Phi) is 4.21. The quantitative estimate of drug-likeness (QED) is 0.777. The molecule has 0 saturated heterocycles. The van der Waals surface area contributed by atoms with Gasteiger partial charge < -0.3 is 8.37 Å². The monoisotopic (exact) mass is 252 g/mol. The van der Waals surface area contributed by atoms with Crippen LogP contribution >= 0.6 is 0 Å². The Balaban J connectivity index is 2.87. The molecule has 1 aromatic rings. The van der Waals surface area contributed by atoms with Crippen molar-refractivity contribution in [2.45, 2.75) is 6.92 Å². The fraction of sp³-hybridized carbons (Fsp3) is 0.143. The van der Waals surface area contributed by atoms with Crippen LogP contribution in [0.5, 0.6) is 11.5 Å². The molecule has 0 bridgehead atoms. The molecular weight excluding hydrogens is 244 g/mol. The Morgan fingerprint density at radius 3 is 2.20 bits per heavy atom. The van der Waals surface area contributed by atoms with Crippen LogP contribution in [-0.4, -0.2) is 17.5 Å². The van der Waals surface area contributed by atoms with Gasteiger partial charge in [-0.2, -0.15) is 8.42 Å². The predicted molar refractivity (Wildman–Crippen MR) is 54.0 cm³/mol. The number of hydrogen-bond acceptors (Lipinski definition) is 4. The number of hydrogen-bond donors (Lipinski definition) is 2. The highest BCUT2D eigenvalue weighted by Crippen LogP contribution is 2.24. The molecule has 0 spiro atoms. The largest absolute Gasteiger partial charge is 0.380 e. The van der Waals surface area contributed by atoms with Crippen molar-refractivity contribution in [1.82, 2.24) is 0 Å². The number of benzene rings is 1. The Bertz CT molecular complexity index is 404. The van der Waals surface area contributed by atoms with Crippen LogP contribution in [0.15, 0.2) is 18.2 Å². The maximum absolute atomic E-state index is 10.4. The summed E-state index contributed by atoms with van der Waals surface area (Å²) in [5, 5.41) is 0. The van der Waals surface area contributed by atoms with Gasteiger partial charge >= 0.3 is 22.7 Å². The zero-order valence-electron chi connectivity index (χ0n) is 7.58.